The van der Waals surface area contributed by atoms with E-state index in [1.165, 1.54) is 11.8 Å². The van der Waals surface area contributed by atoms with Crippen LogP contribution < -0.4 is 10.6 Å². The van der Waals surface area contributed by atoms with Gasteiger partial charge in [0.1, 0.15) is 0 Å². The number of thioether (sulfide) groups is 1. The van der Waals surface area contributed by atoms with E-state index in [2.05, 4.69) is 15.9 Å². The highest BCUT2D eigenvalue weighted by molar-refractivity contribution is 9.10. The van der Waals surface area contributed by atoms with E-state index < -0.39 is 0 Å². The number of amides is 1. The van der Waals surface area contributed by atoms with E-state index in [9.17, 15) is 9.59 Å². The van der Waals surface area contributed by atoms with Crippen molar-refractivity contribution in [1.29, 1.82) is 0 Å². The van der Waals surface area contributed by atoms with Crippen molar-refractivity contribution in [2.75, 3.05) is 22.9 Å². The quantitative estimate of drug-likeness (QED) is 0.845. The van der Waals surface area contributed by atoms with E-state index in [1.807, 2.05) is 19.1 Å². The number of hydrogen-bond acceptors (Lipinski definition) is 4. The molecule has 0 aliphatic carbocycles. The van der Waals surface area contributed by atoms with Gasteiger partial charge in [0.2, 0.25) is 5.91 Å². The van der Waals surface area contributed by atoms with Crippen LogP contribution in [0.5, 0.6) is 0 Å². The molecule has 0 saturated carbocycles. The van der Waals surface area contributed by atoms with Crippen LogP contribution in [0, 0.1) is 12.8 Å². The molecule has 1 saturated heterocycles. The van der Waals surface area contributed by atoms with Crippen LogP contribution in [0.2, 0.25) is 0 Å². The monoisotopic (exact) mass is 356 g/mol. The van der Waals surface area contributed by atoms with Gasteiger partial charge in [-0.25, -0.2) is 0 Å². The van der Waals surface area contributed by atoms with Crippen molar-refractivity contribution >= 4 is 50.1 Å². The molecule has 6 heteroatoms. The predicted molar refractivity (Wildman–Crippen MR) is 86.9 cm³/mol. The molecule has 1 aromatic carbocycles. The van der Waals surface area contributed by atoms with Gasteiger partial charge in [-0.3, -0.25) is 9.59 Å². The number of nitrogens with two attached hydrogens (primary N) is 1. The lowest BCUT2D eigenvalue weighted by atomic mass is 10.1. The molecule has 1 atom stereocenters. The van der Waals surface area contributed by atoms with Crippen LogP contribution in [-0.4, -0.2) is 23.3 Å². The van der Waals surface area contributed by atoms with E-state index >= 15 is 0 Å². The summed E-state index contributed by atoms with van der Waals surface area (Å²) in [5.74, 6) is 0.975. The zero-order valence-electron chi connectivity index (χ0n) is 11.5. The third-order valence-electron chi connectivity index (χ3n) is 3.29. The first-order chi connectivity index (χ1) is 9.38. The minimum Gasteiger partial charge on any atom is -0.397 e. The molecular formula is C14H17BrN2O2S. The highest BCUT2D eigenvalue weighted by atomic mass is 79.9. The number of halogens is 1. The number of carbonyl (C=O) groups excluding carboxylic acids is 2. The maximum Gasteiger partial charge on any atom is 0.227 e. The standard InChI is InChI=1S/C14H17BrN2O2S/c1-8-3-11(15)5-12(16)14(8)17-6-10(4-13(17)19)7-20-9(2)18/h3,5,10H,4,6-7,16H2,1-2H3. The molecule has 0 spiro atoms. The molecule has 1 amide bonds. The molecule has 1 heterocycles. The summed E-state index contributed by atoms with van der Waals surface area (Å²) < 4.78 is 0.909. The molecule has 20 heavy (non-hydrogen) atoms. The Hall–Kier alpha value is -1.01. The molecule has 1 aliphatic heterocycles. The third kappa shape index (κ3) is 3.35. The van der Waals surface area contributed by atoms with Crippen LogP contribution in [0.25, 0.3) is 0 Å². The Morgan fingerprint density at radius 2 is 2.25 bits per heavy atom. The summed E-state index contributed by atoms with van der Waals surface area (Å²) in [5.41, 5.74) is 8.43. The second-order valence-corrected chi connectivity index (χ2v) is 7.15. The molecule has 2 N–H and O–H groups in total. The third-order valence-corrected chi connectivity index (χ3v) is 4.79. The summed E-state index contributed by atoms with van der Waals surface area (Å²) in [4.78, 5) is 25.0. The minimum atomic E-state index is 0.0799. The van der Waals surface area contributed by atoms with E-state index in [0.717, 1.165) is 15.7 Å². The smallest absolute Gasteiger partial charge is 0.227 e. The maximum atomic E-state index is 12.2. The van der Waals surface area contributed by atoms with Crippen molar-refractivity contribution in [3.63, 3.8) is 0 Å². The molecular weight excluding hydrogens is 340 g/mol. The lowest BCUT2D eigenvalue weighted by Gasteiger charge is -2.21. The van der Waals surface area contributed by atoms with Gasteiger partial charge in [0, 0.05) is 30.1 Å². The van der Waals surface area contributed by atoms with Gasteiger partial charge in [-0.1, -0.05) is 27.7 Å². The zero-order valence-corrected chi connectivity index (χ0v) is 13.9. The van der Waals surface area contributed by atoms with Crippen molar-refractivity contribution in [2.45, 2.75) is 20.3 Å². The number of carbonyl (C=O) groups is 2. The van der Waals surface area contributed by atoms with Crippen LogP contribution in [0.4, 0.5) is 11.4 Å². The van der Waals surface area contributed by atoms with Crippen LogP contribution >= 0.6 is 27.7 Å². The first kappa shape index (κ1) is 15.4. The van der Waals surface area contributed by atoms with Crippen molar-refractivity contribution in [1.82, 2.24) is 0 Å². The lowest BCUT2D eigenvalue weighted by Crippen LogP contribution is -2.26. The molecule has 108 valence electrons. The Kier molecular flexibility index (Phi) is 4.75. The van der Waals surface area contributed by atoms with Crippen LogP contribution in [0.15, 0.2) is 16.6 Å². The normalized spacial score (nSPS) is 18.6. The average Bonchev–Trinajstić information content (AvgIpc) is 2.67. The van der Waals surface area contributed by atoms with Gasteiger partial charge in [0.15, 0.2) is 5.12 Å². The van der Waals surface area contributed by atoms with Gasteiger partial charge < -0.3 is 10.6 Å². The summed E-state index contributed by atoms with van der Waals surface area (Å²) in [6.07, 6.45) is 0.481. The summed E-state index contributed by atoms with van der Waals surface area (Å²) >= 11 is 4.68. The van der Waals surface area contributed by atoms with Crippen molar-refractivity contribution in [2.24, 2.45) is 5.92 Å². The molecule has 1 aromatic rings. The number of hydrogen-bond donors (Lipinski definition) is 1. The summed E-state index contributed by atoms with van der Waals surface area (Å²) in [5, 5.41) is 0.0928. The number of aryl methyl sites for hydroxylation is 1. The maximum absolute atomic E-state index is 12.2. The second-order valence-electron chi connectivity index (χ2n) is 5.04. The predicted octanol–water partition coefficient (Wildman–Crippen LogP) is 2.97. The molecule has 0 aromatic heterocycles. The SMILES string of the molecule is CC(=O)SCC1CC(=O)N(c2c(C)cc(Br)cc2N)C1. The molecule has 1 aliphatic rings. The van der Waals surface area contributed by atoms with Gasteiger partial charge in [-0.15, -0.1) is 0 Å². The largest absolute Gasteiger partial charge is 0.397 e. The number of nitrogen functional groups attached to an aromatic ring is 1. The van der Waals surface area contributed by atoms with Crippen molar-refractivity contribution < 1.29 is 9.59 Å². The van der Waals surface area contributed by atoms with Gasteiger partial charge in [-0.05, 0) is 30.5 Å². The fraction of sp³-hybridized carbons (Fsp3) is 0.429. The van der Waals surface area contributed by atoms with Gasteiger partial charge >= 0.3 is 0 Å². The van der Waals surface area contributed by atoms with Crippen molar-refractivity contribution in [3.8, 4) is 0 Å². The second kappa shape index (κ2) is 6.18. The highest BCUT2D eigenvalue weighted by Crippen LogP contribution is 2.35. The van der Waals surface area contributed by atoms with Crippen LogP contribution in [0.3, 0.4) is 0 Å². The Balaban J connectivity index is 2.18. The minimum absolute atomic E-state index is 0.0799. The topological polar surface area (TPSA) is 63.4 Å². The first-order valence-corrected chi connectivity index (χ1v) is 8.15. The van der Waals surface area contributed by atoms with Crippen molar-refractivity contribution in [3.05, 3.63) is 22.2 Å². The lowest BCUT2D eigenvalue weighted by molar-refractivity contribution is -0.117. The molecule has 2 rings (SSSR count). The summed E-state index contributed by atoms with van der Waals surface area (Å²) in [6.45, 7) is 4.13. The van der Waals surface area contributed by atoms with Gasteiger partial charge in [0.05, 0.1) is 11.4 Å². The fourth-order valence-electron chi connectivity index (χ4n) is 2.47. The fourth-order valence-corrected chi connectivity index (χ4v) is 3.76. The molecule has 1 unspecified atom stereocenters. The van der Waals surface area contributed by atoms with E-state index in [0.29, 0.717) is 24.4 Å². The van der Waals surface area contributed by atoms with Crippen LogP contribution in [-0.2, 0) is 9.59 Å². The molecule has 0 bridgehead atoms. The highest BCUT2D eigenvalue weighted by Gasteiger charge is 2.32. The molecule has 4 nitrogen and oxygen atoms in total. The molecule has 1 fully saturated rings. The van der Waals surface area contributed by atoms with E-state index in [4.69, 9.17) is 5.73 Å². The summed E-state index contributed by atoms with van der Waals surface area (Å²) in [6, 6.07) is 3.77. The number of benzene rings is 1. The average molecular weight is 357 g/mol. The summed E-state index contributed by atoms with van der Waals surface area (Å²) in [7, 11) is 0. The molecule has 0 radical (unpaired) electrons. The van der Waals surface area contributed by atoms with E-state index in [1.54, 1.807) is 11.8 Å². The Morgan fingerprint density at radius 1 is 1.55 bits per heavy atom. The number of rotatable bonds is 3. The van der Waals surface area contributed by atoms with Gasteiger partial charge in [-0.2, -0.15) is 0 Å². The first-order valence-electron chi connectivity index (χ1n) is 6.38. The number of anilines is 2. The Labute approximate surface area is 131 Å². The van der Waals surface area contributed by atoms with E-state index in [-0.39, 0.29) is 16.9 Å². The zero-order chi connectivity index (χ0) is 14.9. The Bertz CT molecular complexity index is 539. The number of nitrogens with zero attached hydrogens (tertiary/aromatic N) is 1. The van der Waals surface area contributed by atoms with Gasteiger partial charge in [0.25, 0.3) is 0 Å². The Morgan fingerprint density at radius 3 is 2.85 bits per heavy atom. The van der Waals surface area contributed by atoms with Crippen LogP contribution in [0.1, 0.15) is 18.9 Å².